The van der Waals surface area contributed by atoms with Crippen molar-refractivity contribution in [2.45, 2.75) is 26.7 Å². The first kappa shape index (κ1) is 20.8. The Bertz CT molecular complexity index is 1360. The molecule has 3 aromatic rings. The van der Waals surface area contributed by atoms with Crippen LogP contribution in [0.3, 0.4) is 0 Å². The maximum absolute atomic E-state index is 13.3. The largest absolute Gasteiger partial charge is 0.497 e. The average Bonchev–Trinajstić information content (AvgIpc) is 2.73. The van der Waals surface area contributed by atoms with E-state index in [1.165, 1.54) is 18.7 Å². The molecule has 1 N–H and O–H groups in total. The lowest BCUT2D eigenvalue weighted by Crippen LogP contribution is -2.42. The molecule has 0 saturated carbocycles. The van der Waals surface area contributed by atoms with Gasteiger partial charge >= 0.3 is 5.69 Å². The van der Waals surface area contributed by atoms with Gasteiger partial charge in [0.2, 0.25) is 0 Å². The molecule has 1 aromatic carbocycles. The van der Waals surface area contributed by atoms with Gasteiger partial charge in [-0.1, -0.05) is 13.8 Å². The van der Waals surface area contributed by atoms with Gasteiger partial charge in [0.25, 0.3) is 11.2 Å². The Morgan fingerprint density at radius 2 is 1.68 bits per heavy atom. The maximum Gasteiger partial charge on any atom is 0.417 e. The van der Waals surface area contributed by atoms with Crippen LogP contribution in [0.5, 0.6) is 11.5 Å². The lowest BCUT2D eigenvalue weighted by molar-refractivity contribution is -0.365. The van der Waals surface area contributed by atoms with Gasteiger partial charge in [-0.2, -0.15) is 4.57 Å². The molecular weight excluding hydrogens is 398 g/mol. The van der Waals surface area contributed by atoms with Gasteiger partial charge in [0.05, 0.1) is 26.8 Å². The number of aromatic nitrogens is 3. The van der Waals surface area contributed by atoms with E-state index in [0.717, 1.165) is 4.57 Å². The van der Waals surface area contributed by atoms with E-state index in [-0.39, 0.29) is 16.6 Å². The Hall–Kier alpha value is -3.42. The minimum Gasteiger partial charge on any atom is -0.497 e. The molecule has 8 nitrogen and oxygen atoms in total. The molecule has 0 fully saturated rings. The second-order valence-electron chi connectivity index (χ2n) is 8.79. The molecule has 8 heteroatoms. The molecule has 0 aliphatic heterocycles. The number of hydrogen-bond donors (Lipinski definition) is 0. The summed E-state index contributed by atoms with van der Waals surface area (Å²) in [6.45, 7) is 4.06. The van der Waals surface area contributed by atoms with Crippen LogP contribution < -0.4 is 25.7 Å². The molecule has 0 atom stereocenters. The van der Waals surface area contributed by atoms with E-state index in [1.54, 1.807) is 32.4 Å². The number of Topliss-reactive ketones (excluding diaryl/α,β-unsaturated/α-hetero) is 1. The summed E-state index contributed by atoms with van der Waals surface area (Å²) in [6.07, 6.45) is 0.968. The molecule has 2 heterocycles. The molecule has 4 rings (SSSR count). The molecule has 0 unspecified atom stereocenters. The third-order valence-corrected chi connectivity index (χ3v) is 5.99. The number of methoxy groups -OCH3 is 2. The van der Waals surface area contributed by atoms with Crippen LogP contribution in [0.15, 0.2) is 27.8 Å². The van der Waals surface area contributed by atoms with Crippen molar-refractivity contribution in [1.29, 1.82) is 0 Å². The molecule has 0 radical (unpaired) electrons. The molecule has 1 aliphatic rings. The number of benzene rings is 1. The number of rotatable bonds is 3. The van der Waals surface area contributed by atoms with E-state index in [0.29, 0.717) is 52.4 Å². The zero-order chi connectivity index (χ0) is 22.7. The van der Waals surface area contributed by atoms with Gasteiger partial charge in [-0.15, -0.1) is 0 Å². The number of hydrogen-bond acceptors (Lipinski definition) is 5. The van der Waals surface area contributed by atoms with Gasteiger partial charge in [-0.25, -0.2) is 14.3 Å². The Labute approximate surface area is 179 Å². The second kappa shape index (κ2) is 7.08. The van der Waals surface area contributed by atoms with Crippen molar-refractivity contribution in [3.05, 3.63) is 50.3 Å². The number of carbonyl (C=O) groups is 1. The third kappa shape index (κ3) is 3.13. The summed E-state index contributed by atoms with van der Waals surface area (Å²) >= 11 is 0. The van der Waals surface area contributed by atoms with Crippen LogP contribution in [-0.4, -0.2) is 29.1 Å². The fourth-order valence-electron chi connectivity index (χ4n) is 4.48. The Balaban J connectivity index is 2.26. The standard InChI is InChI=1S/C23H25N3O5/c1-23(2)10-14-18(15(27)11-23)17(13-8-7-12(30-5)9-16(13)31-6)19-20(24-14)25(3)22(29)26(4)21(19)28/h7-9H,10-11H2,1-6H3/p+1. The van der Waals surface area contributed by atoms with Crippen molar-refractivity contribution < 1.29 is 19.3 Å². The van der Waals surface area contributed by atoms with Crippen molar-refractivity contribution in [3.63, 3.8) is 0 Å². The van der Waals surface area contributed by atoms with Crippen LogP contribution in [0.25, 0.3) is 22.2 Å². The minimum absolute atomic E-state index is 0.0480. The van der Waals surface area contributed by atoms with Crippen molar-refractivity contribution in [2.75, 3.05) is 14.2 Å². The first-order valence-electron chi connectivity index (χ1n) is 10.0. The molecule has 0 saturated heterocycles. The number of aryl methyl sites for hydroxylation is 1. The Morgan fingerprint density at radius 3 is 2.32 bits per heavy atom. The molecule has 31 heavy (non-hydrogen) atoms. The highest BCUT2D eigenvalue weighted by atomic mass is 16.5. The van der Waals surface area contributed by atoms with Crippen molar-refractivity contribution in [2.24, 2.45) is 19.5 Å². The molecule has 0 bridgehead atoms. The topological polar surface area (TPSA) is 93.7 Å². The molecule has 1 aliphatic carbocycles. The number of carbonyl (C=O) groups excluding carboxylic acids is 1. The summed E-state index contributed by atoms with van der Waals surface area (Å²) in [5.41, 5.74) is 1.50. The van der Waals surface area contributed by atoms with Crippen LogP contribution in [0.2, 0.25) is 0 Å². The quantitative estimate of drug-likeness (QED) is 0.640. The van der Waals surface area contributed by atoms with Crippen LogP contribution in [0.1, 0.15) is 36.3 Å². The number of ketones is 1. The molecule has 162 valence electrons. The van der Waals surface area contributed by atoms with E-state index in [2.05, 4.69) is 4.98 Å². The van der Waals surface area contributed by atoms with Gasteiger partial charge in [-0.05, 0) is 17.5 Å². The number of H-pyrrole nitrogens is 1. The monoisotopic (exact) mass is 424 g/mol. The number of aromatic amines is 1. The number of ether oxygens (including phenoxy) is 2. The van der Waals surface area contributed by atoms with E-state index in [9.17, 15) is 14.4 Å². The first-order chi connectivity index (χ1) is 14.6. The fraction of sp³-hybridized carbons (Fsp3) is 0.391. The summed E-state index contributed by atoms with van der Waals surface area (Å²) < 4.78 is 13.4. The van der Waals surface area contributed by atoms with Gasteiger partial charge < -0.3 is 9.47 Å². The third-order valence-electron chi connectivity index (χ3n) is 5.99. The van der Waals surface area contributed by atoms with Crippen molar-refractivity contribution >= 4 is 16.8 Å². The van der Waals surface area contributed by atoms with Gasteiger partial charge in [-0.3, -0.25) is 9.59 Å². The van der Waals surface area contributed by atoms with Crippen LogP contribution in [0.4, 0.5) is 0 Å². The van der Waals surface area contributed by atoms with Crippen LogP contribution in [-0.2, 0) is 20.5 Å². The fourth-order valence-corrected chi connectivity index (χ4v) is 4.48. The smallest absolute Gasteiger partial charge is 0.417 e. The van der Waals surface area contributed by atoms with E-state index < -0.39 is 11.2 Å². The van der Waals surface area contributed by atoms with Gasteiger partial charge in [0, 0.05) is 37.1 Å². The summed E-state index contributed by atoms with van der Waals surface area (Å²) in [7, 11) is 6.13. The van der Waals surface area contributed by atoms with E-state index in [1.807, 2.05) is 13.8 Å². The van der Waals surface area contributed by atoms with Crippen LogP contribution in [0, 0.1) is 5.41 Å². The Morgan fingerprint density at radius 1 is 0.968 bits per heavy atom. The van der Waals surface area contributed by atoms with E-state index in [4.69, 9.17) is 9.47 Å². The van der Waals surface area contributed by atoms with Crippen molar-refractivity contribution in [3.8, 4) is 22.6 Å². The predicted octanol–water partition coefficient (Wildman–Crippen LogP) is 1.89. The van der Waals surface area contributed by atoms with Crippen LogP contribution >= 0.6 is 0 Å². The zero-order valence-corrected chi connectivity index (χ0v) is 18.6. The SMILES string of the molecule is COc1ccc(-c2c3c([nH+]c4c2c(=O)n(C)c(=O)n4C)CC(C)(C)CC3=O)c(OC)c1. The molecule has 0 spiro atoms. The average molecular weight is 424 g/mol. The number of nitrogens with zero attached hydrogens (tertiary/aromatic N) is 2. The second-order valence-corrected chi connectivity index (χ2v) is 8.79. The predicted molar refractivity (Wildman–Crippen MR) is 116 cm³/mol. The van der Waals surface area contributed by atoms with Gasteiger partial charge in [0.15, 0.2) is 5.78 Å². The number of fused-ring (bicyclic) bond motifs is 2. The summed E-state index contributed by atoms with van der Waals surface area (Å²) in [5.74, 6) is 1.02. The highest BCUT2D eigenvalue weighted by molar-refractivity contribution is 6.10. The first-order valence-corrected chi connectivity index (χ1v) is 10.0. The minimum atomic E-state index is -0.470. The highest BCUT2D eigenvalue weighted by Crippen LogP contribution is 2.42. The molecule has 2 aromatic heterocycles. The number of pyridine rings is 1. The zero-order valence-electron chi connectivity index (χ0n) is 18.6. The van der Waals surface area contributed by atoms with Crippen molar-refractivity contribution in [1.82, 2.24) is 9.13 Å². The van der Waals surface area contributed by atoms with Gasteiger partial charge in [0.1, 0.15) is 22.6 Å². The summed E-state index contributed by atoms with van der Waals surface area (Å²) in [4.78, 5) is 42.5. The number of nitrogens with one attached hydrogen (secondary N) is 1. The molecule has 0 amide bonds. The summed E-state index contributed by atoms with van der Waals surface area (Å²) in [5, 5.41) is 0.278. The maximum atomic E-state index is 13.3. The van der Waals surface area contributed by atoms with E-state index >= 15 is 0 Å². The normalized spacial score (nSPS) is 15.1. The summed E-state index contributed by atoms with van der Waals surface area (Å²) in [6, 6.07) is 5.26. The lowest BCUT2D eigenvalue weighted by Gasteiger charge is -2.30. The Kier molecular flexibility index (Phi) is 4.76. The lowest BCUT2D eigenvalue weighted by atomic mass is 9.73. The molecular formula is C23H26N3O5+. The highest BCUT2D eigenvalue weighted by Gasteiger charge is 2.38.